The van der Waals surface area contributed by atoms with Gasteiger partial charge in [-0.05, 0) is 12.8 Å². The molecule has 1 amide bonds. The van der Waals surface area contributed by atoms with Gasteiger partial charge in [-0.3, -0.25) is 9.59 Å². The summed E-state index contributed by atoms with van der Waals surface area (Å²) in [7, 11) is 0. The lowest BCUT2D eigenvalue weighted by atomic mass is 10.3. The second kappa shape index (κ2) is 3.61. The number of aromatic amines is 1. The van der Waals surface area contributed by atoms with E-state index in [4.69, 9.17) is 0 Å². The zero-order valence-corrected chi connectivity index (χ0v) is 7.69. The van der Waals surface area contributed by atoms with Crippen LogP contribution in [0.2, 0.25) is 0 Å². The Morgan fingerprint density at radius 3 is 2.79 bits per heavy atom. The van der Waals surface area contributed by atoms with E-state index >= 15 is 0 Å². The normalized spacial score (nSPS) is 15.9. The van der Waals surface area contributed by atoms with Crippen molar-refractivity contribution < 1.29 is 4.79 Å². The highest BCUT2D eigenvalue weighted by atomic mass is 16.2. The van der Waals surface area contributed by atoms with Crippen molar-refractivity contribution in [2.24, 2.45) is 0 Å². The van der Waals surface area contributed by atoms with Crippen LogP contribution in [-0.4, -0.2) is 33.9 Å². The molecule has 2 rings (SSSR count). The molecule has 1 aliphatic heterocycles. The molecule has 74 valence electrons. The van der Waals surface area contributed by atoms with Crippen LogP contribution in [0.3, 0.4) is 0 Å². The van der Waals surface area contributed by atoms with Crippen molar-refractivity contribution >= 4 is 5.91 Å². The van der Waals surface area contributed by atoms with E-state index in [1.54, 1.807) is 4.90 Å². The monoisotopic (exact) mass is 193 g/mol. The Kier molecular flexibility index (Phi) is 2.30. The maximum atomic E-state index is 11.7. The maximum Gasteiger partial charge on any atom is 0.272 e. The van der Waals surface area contributed by atoms with E-state index in [1.165, 1.54) is 12.4 Å². The zero-order chi connectivity index (χ0) is 9.97. The maximum absolute atomic E-state index is 11.7. The van der Waals surface area contributed by atoms with Gasteiger partial charge in [-0.15, -0.1) is 0 Å². The zero-order valence-electron chi connectivity index (χ0n) is 7.69. The van der Waals surface area contributed by atoms with Crippen molar-refractivity contribution in [1.29, 1.82) is 0 Å². The Morgan fingerprint density at radius 1 is 1.43 bits per heavy atom. The van der Waals surface area contributed by atoms with Gasteiger partial charge in [0.1, 0.15) is 5.69 Å². The molecule has 5 nitrogen and oxygen atoms in total. The van der Waals surface area contributed by atoms with Gasteiger partial charge in [-0.1, -0.05) is 0 Å². The molecule has 1 aromatic heterocycles. The summed E-state index contributed by atoms with van der Waals surface area (Å²) in [6.45, 7) is 1.54. The predicted octanol–water partition coefficient (Wildman–Crippen LogP) is 0.00590. The number of aromatic nitrogens is 2. The van der Waals surface area contributed by atoms with Gasteiger partial charge in [-0.2, -0.15) is 0 Å². The van der Waals surface area contributed by atoms with Crippen molar-refractivity contribution in [2.45, 2.75) is 12.8 Å². The average molecular weight is 193 g/mol. The Hall–Kier alpha value is -1.65. The lowest BCUT2D eigenvalue weighted by Gasteiger charge is -2.13. The molecule has 0 saturated carbocycles. The van der Waals surface area contributed by atoms with Crippen molar-refractivity contribution in [3.05, 3.63) is 28.4 Å². The molecule has 1 N–H and O–H groups in total. The fourth-order valence-electron chi connectivity index (χ4n) is 1.57. The van der Waals surface area contributed by atoms with Gasteiger partial charge in [0.25, 0.3) is 11.5 Å². The van der Waals surface area contributed by atoms with Gasteiger partial charge in [0, 0.05) is 19.2 Å². The minimum Gasteiger partial charge on any atom is -0.337 e. The van der Waals surface area contributed by atoms with Gasteiger partial charge >= 0.3 is 0 Å². The third-order valence-corrected chi connectivity index (χ3v) is 2.29. The van der Waals surface area contributed by atoms with Gasteiger partial charge < -0.3 is 9.88 Å². The number of hydrogen-bond acceptors (Lipinski definition) is 3. The SMILES string of the molecule is O=C(c1cc(=O)[nH]cn1)N1CCCC1. The largest absolute Gasteiger partial charge is 0.337 e. The van der Waals surface area contributed by atoms with Crippen molar-refractivity contribution in [2.75, 3.05) is 13.1 Å². The van der Waals surface area contributed by atoms with Crippen LogP contribution in [0.5, 0.6) is 0 Å². The van der Waals surface area contributed by atoms with Crippen LogP contribution in [0, 0.1) is 0 Å². The standard InChI is InChI=1S/C9H11N3O2/c13-8-5-7(10-6-11-8)9(14)12-3-1-2-4-12/h5-6H,1-4H2,(H,10,11,13). The molecule has 1 aliphatic rings. The average Bonchev–Trinajstić information content (AvgIpc) is 2.69. The van der Waals surface area contributed by atoms with E-state index in [9.17, 15) is 9.59 Å². The van der Waals surface area contributed by atoms with Gasteiger partial charge in [0.15, 0.2) is 0 Å². The molecule has 0 spiro atoms. The van der Waals surface area contributed by atoms with Crippen LogP contribution in [-0.2, 0) is 0 Å². The second-order valence-electron chi connectivity index (χ2n) is 3.30. The minimum absolute atomic E-state index is 0.145. The van der Waals surface area contributed by atoms with E-state index in [-0.39, 0.29) is 17.2 Å². The number of nitrogens with one attached hydrogen (secondary N) is 1. The molecule has 0 bridgehead atoms. The molecular weight excluding hydrogens is 182 g/mol. The third kappa shape index (κ3) is 1.66. The van der Waals surface area contributed by atoms with E-state index in [2.05, 4.69) is 9.97 Å². The highest BCUT2D eigenvalue weighted by molar-refractivity contribution is 5.92. The number of carbonyl (C=O) groups is 1. The lowest BCUT2D eigenvalue weighted by Crippen LogP contribution is -2.29. The molecule has 5 heteroatoms. The van der Waals surface area contributed by atoms with Crippen molar-refractivity contribution in [3.63, 3.8) is 0 Å². The molecule has 1 fully saturated rings. The molecule has 14 heavy (non-hydrogen) atoms. The number of amides is 1. The number of nitrogens with zero attached hydrogens (tertiary/aromatic N) is 2. The van der Waals surface area contributed by atoms with Gasteiger partial charge in [0.2, 0.25) is 0 Å². The number of hydrogen-bond donors (Lipinski definition) is 1. The molecule has 0 aliphatic carbocycles. The first-order valence-corrected chi connectivity index (χ1v) is 4.61. The van der Waals surface area contributed by atoms with Gasteiger partial charge in [-0.25, -0.2) is 4.98 Å². The highest BCUT2D eigenvalue weighted by Crippen LogP contribution is 2.09. The quantitative estimate of drug-likeness (QED) is 0.683. The molecule has 2 heterocycles. The summed E-state index contributed by atoms with van der Waals surface area (Å²) >= 11 is 0. The summed E-state index contributed by atoms with van der Waals surface area (Å²) in [4.78, 5) is 30.6. The molecule has 0 aromatic carbocycles. The lowest BCUT2D eigenvalue weighted by molar-refractivity contribution is 0.0786. The number of rotatable bonds is 1. The summed E-state index contributed by atoms with van der Waals surface area (Å²) in [6, 6.07) is 1.24. The molecular formula is C9H11N3O2. The minimum atomic E-state index is -0.289. The van der Waals surface area contributed by atoms with Gasteiger partial charge in [0.05, 0.1) is 6.33 Å². The third-order valence-electron chi connectivity index (χ3n) is 2.29. The summed E-state index contributed by atoms with van der Waals surface area (Å²) in [5.74, 6) is -0.145. The Bertz CT molecular complexity index is 393. The van der Waals surface area contributed by atoms with Crippen LogP contribution >= 0.6 is 0 Å². The first-order valence-electron chi connectivity index (χ1n) is 4.61. The van der Waals surface area contributed by atoms with E-state index in [0.717, 1.165) is 25.9 Å². The highest BCUT2D eigenvalue weighted by Gasteiger charge is 2.20. The van der Waals surface area contributed by atoms with Crippen LogP contribution in [0.1, 0.15) is 23.3 Å². The van der Waals surface area contributed by atoms with Crippen LogP contribution < -0.4 is 5.56 Å². The molecule has 0 atom stereocenters. The molecule has 0 radical (unpaired) electrons. The number of H-pyrrole nitrogens is 1. The summed E-state index contributed by atoms with van der Waals surface area (Å²) < 4.78 is 0. The fourth-order valence-corrected chi connectivity index (χ4v) is 1.57. The van der Waals surface area contributed by atoms with Crippen LogP contribution in [0.15, 0.2) is 17.2 Å². The molecule has 1 aromatic rings. The van der Waals surface area contributed by atoms with Crippen molar-refractivity contribution in [1.82, 2.24) is 14.9 Å². The summed E-state index contributed by atoms with van der Waals surface area (Å²) in [5.41, 5.74) is -0.0572. The Morgan fingerprint density at radius 2 is 2.14 bits per heavy atom. The van der Waals surface area contributed by atoms with Crippen LogP contribution in [0.25, 0.3) is 0 Å². The first-order chi connectivity index (χ1) is 6.77. The first kappa shape index (κ1) is 8.93. The molecule has 0 unspecified atom stereocenters. The smallest absolute Gasteiger partial charge is 0.272 e. The van der Waals surface area contributed by atoms with E-state index < -0.39 is 0 Å². The van der Waals surface area contributed by atoms with Crippen molar-refractivity contribution in [3.8, 4) is 0 Å². The predicted molar refractivity (Wildman–Crippen MR) is 50.0 cm³/mol. The topological polar surface area (TPSA) is 66.1 Å². The van der Waals surface area contributed by atoms with E-state index in [1.807, 2.05) is 0 Å². The summed E-state index contributed by atoms with van der Waals surface area (Å²) in [5, 5.41) is 0. The second-order valence-corrected chi connectivity index (χ2v) is 3.30. The molecule has 1 saturated heterocycles. The fraction of sp³-hybridized carbons (Fsp3) is 0.444. The summed E-state index contributed by atoms with van der Waals surface area (Å²) in [6.07, 6.45) is 3.33. The number of carbonyl (C=O) groups excluding carboxylic acids is 1. The van der Waals surface area contributed by atoms with E-state index in [0.29, 0.717) is 0 Å². The Balaban J connectivity index is 2.22. The Labute approximate surface area is 80.8 Å². The number of likely N-dealkylation sites (tertiary alicyclic amines) is 1. The van der Waals surface area contributed by atoms with Crippen LogP contribution in [0.4, 0.5) is 0 Å².